The van der Waals surface area contributed by atoms with E-state index in [0.717, 1.165) is 10.8 Å². The van der Waals surface area contributed by atoms with Gasteiger partial charge in [-0.3, -0.25) is 4.79 Å². The molecule has 2 rings (SSSR count). The number of amides is 1. The Balaban J connectivity index is 2.01. The van der Waals surface area contributed by atoms with E-state index in [1.165, 1.54) is 19.2 Å². The molecule has 1 atom stereocenters. The number of methoxy groups -OCH3 is 1. The van der Waals surface area contributed by atoms with Crippen LogP contribution >= 0.6 is 0 Å². The number of ether oxygens (including phenoxy) is 2. The molecular formula is C20H23NO6. The number of aromatic hydroxyl groups is 1. The molecule has 7 nitrogen and oxygen atoms in total. The Bertz CT molecular complexity index is 845. The molecule has 2 aromatic carbocycles. The highest BCUT2D eigenvalue weighted by Gasteiger charge is 2.23. The van der Waals surface area contributed by atoms with Crippen molar-refractivity contribution in [3.63, 3.8) is 0 Å². The fourth-order valence-corrected chi connectivity index (χ4v) is 2.66. The maximum atomic E-state index is 12.2. The van der Waals surface area contributed by atoms with Gasteiger partial charge in [0.2, 0.25) is 0 Å². The Morgan fingerprint density at radius 1 is 1.11 bits per heavy atom. The van der Waals surface area contributed by atoms with Gasteiger partial charge in [0.05, 0.1) is 7.11 Å². The molecule has 2 N–H and O–H groups in total. The smallest absolute Gasteiger partial charge is 0.342 e. The lowest BCUT2D eigenvalue weighted by molar-refractivity contribution is -0.145. The molecule has 0 spiro atoms. The number of phenolic OH excluding ortho intramolecular Hbond substituents is 1. The normalized spacial score (nSPS) is 11.9. The monoisotopic (exact) mass is 373 g/mol. The summed E-state index contributed by atoms with van der Waals surface area (Å²) in [4.78, 5) is 36.0. The van der Waals surface area contributed by atoms with E-state index in [4.69, 9.17) is 4.74 Å². The largest absolute Gasteiger partial charge is 0.507 e. The molecule has 0 saturated carbocycles. The molecule has 0 aliphatic carbocycles. The Morgan fingerprint density at radius 3 is 2.33 bits per heavy atom. The van der Waals surface area contributed by atoms with E-state index < -0.39 is 30.5 Å². The number of phenols is 1. The van der Waals surface area contributed by atoms with Gasteiger partial charge in [-0.15, -0.1) is 0 Å². The molecule has 0 saturated heterocycles. The van der Waals surface area contributed by atoms with Crippen LogP contribution in [0.1, 0.15) is 30.6 Å². The number of fused-ring (bicyclic) bond motifs is 1. The number of esters is 2. The van der Waals surface area contributed by atoms with Gasteiger partial charge < -0.3 is 19.9 Å². The topological polar surface area (TPSA) is 102 Å². The lowest BCUT2D eigenvalue weighted by Crippen LogP contribution is -2.44. The second kappa shape index (κ2) is 9.02. The fourth-order valence-electron chi connectivity index (χ4n) is 2.66. The average Bonchev–Trinajstić information content (AvgIpc) is 2.64. The van der Waals surface area contributed by atoms with Crippen LogP contribution in [-0.4, -0.2) is 42.7 Å². The van der Waals surface area contributed by atoms with E-state index in [-0.39, 0.29) is 17.2 Å². The first-order valence-corrected chi connectivity index (χ1v) is 8.58. The highest BCUT2D eigenvalue weighted by atomic mass is 16.5. The third-order valence-electron chi connectivity index (χ3n) is 3.95. The van der Waals surface area contributed by atoms with Crippen LogP contribution in [0.15, 0.2) is 36.4 Å². The molecule has 1 unspecified atom stereocenters. The molecule has 2 aromatic rings. The van der Waals surface area contributed by atoms with Gasteiger partial charge in [0.15, 0.2) is 6.61 Å². The van der Waals surface area contributed by atoms with Crippen LogP contribution in [0.5, 0.6) is 5.75 Å². The Morgan fingerprint density at radius 2 is 1.74 bits per heavy atom. The van der Waals surface area contributed by atoms with Gasteiger partial charge >= 0.3 is 11.9 Å². The summed E-state index contributed by atoms with van der Waals surface area (Å²) in [7, 11) is 1.24. The van der Waals surface area contributed by atoms with Crippen LogP contribution in [0, 0.1) is 5.92 Å². The zero-order chi connectivity index (χ0) is 20.0. The summed E-state index contributed by atoms with van der Waals surface area (Å²) in [6, 6.07) is 9.38. The number of benzene rings is 2. The van der Waals surface area contributed by atoms with Crippen LogP contribution in [0.3, 0.4) is 0 Å². The second-order valence-corrected chi connectivity index (χ2v) is 6.57. The summed E-state index contributed by atoms with van der Waals surface area (Å²) >= 11 is 0. The maximum Gasteiger partial charge on any atom is 0.342 e. The van der Waals surface area contributed by atoms with E-state index in [2.05, 4.69) is 10.1 Å². The predicted molar refractivity (Wildman–Crippen MR) is 99.3 cm³/mol. The number of hydrogen-bond donors (Lipinski definition) is 2. The standard InChI is InChI=1S/C20H23NO6/c1-12(2)8-16(20(25)26-3)21-18(23)11-27-19(24)15-9-13-6-4-5-7-14(13)10-17(15)22/h4-7,9-10,12,16,22H,8,11H2,1-3H3,(H,21,23). The van der Waals surface area contributed by atoms with Crippen LogP contribution in [0.25, 0.3) is 10.8 Å². The highest BCUT2D eigenvalue weighted by molar-refractivity contribution is 5.99. The molecule has 0 aromatic heterocycles. The van der Waals surface area contributed by atoms with Crippen LogP contribution in [-0.2, 0) is 19.1 Å². The molecule has 27 heavy (non-hydrogen) atoms. The predicted octanol–water partition coefficient (Wildman–Crippen LogP) is 2.41. The van der Waals surface area contributed by atoms with Crippen molar-refractivity contribution in [3.05, 3.63) is 42.0 Å². The van der Waals surface area contributed by atoms with Crippen molar-refractivity contribution in [3.8, 4) is 5.75 Å². The zero-order valence-corrected chi connectivity index (χ0v) is 15.5. The van der Waals surface area contributed by atoms with Crippen molar-refractivity contribution in [2.24, 2.45) is 5.92 Å². The van der Waals surface area contributed by atoms with Crippen LogP contribution < -0.4 is 5.32 Å². The Hall–Kier alpha value is -3.09. The second-order valence-electron chi connectivity index (χ2n) is 6.57. The summed E-state index contributed by atoms with van der Waals surface area (Å²) in [6.45, 7) is 3.24. The Labute approximate surface area is 157 Å². The summed E-state index contributed by atoms with van der Waals surface area (Å²) in [5, 5.41) is 14.1. The molecule has 0 heterocycles. The van der Waals surface area contributed by atoms with Gasteiger partial charge in [0, 0.05) is 0 Å². The fraction of sp³-hybridized carbons (Fsp3) is 0.350. The van der Waals surface area contributed by atoms with Crippen molar-refractivity contribution >= 4 is 28.6 Å². The quantitative estimate of drug-likeness (QED) is 0.723. The van der Waals surface area contributed by atoms with Crippen molar-refractivity contribution < 1.29 is 29.0 Å². The van der Waals surface area contributed by atoms with E-state index in [1.807, 2.05) is 26.0 Å². The minimum absolute atomic E-state index is 0.0341. The van der Waals surface area contributed by atoms with E-state index in [9.17, 15) is 19.5 Å². The lowest BCUT2D eigenvalue weighted by Gasteiger charge is -2.18. The maximum absolute atomic E-state index is 12.2. The van der Waals surface area contributed by atoms with Crippen LogP contribution in [0.4, 0.5) is 0 Å². The highest BCUT2D eigenvalue weighted by Crippen LogP contribution is 2.25. The molecule has 144 valence electrons. The number of rotatable bonds is 7. The first-order chi connectivity index (χ1) is 12.8. The SMILES string of the molecule is COC(=O)C(CC(C)C)NC(=O)COC(=O)c1cc2ccccc2cc1O. The summed E-state index contributed by atoms with van der Waals surface area (Å²) < 4.78 is 9.65. The zero-order valence-electron chi connectivity index (χ0n) is 15.5. The summed E-state index contributed by atoms with van der Waals surface area (Å²) in [6.07, 6.45) is 0.401. The van der Waals surface area contributed by atoms with Gasteiger partial charge in [-0.25, -0.2) is 9.59 Å². The first kappa shape index (κ1) is 20.2. The summed E-state index contributed by atoms with van der Waals surface area (Å²) in [5.74, 6) is -2.08. The van der Waals surface area contributed by atoms with Gasteiger partial charge in [-0.2, -0.15) is 0 Å². The molecule has 0 radical (unpaired) electrons. The minimum atomic E-state index is -0.827. The molecule has 1 amide bonds. The summed E-state index contributed by atoms with van der Waals surface area (Å²) in [5.41, 5.74) is -0.0341. The van der Waals surface area contributed by atoms with Gasteiger partial charge in [0.25, 0.3) is 5.91 Å². The minimum Gasteiger partial charge on any atom is -0.507 e. The van der Waals surface area contributed by atoms with Gasteiger partial charge in [0.1, 0.15) is 17.4 Å². The molecule has 0 aliphatic heterocycles. The molecule has 0 bridgehead atoms. The molecule has 0 aliphatic rings. The van der Waals surface area contributed by atoms with Crippen molar-refractivity contribution in [2.75, 3.05) is 13.7 Å². The van der Waals surface area contributed by atoms with Gasteiger partial charge in [-0.05, 0) is 35.2 Å². The van der Waals surface area contributed by atoms with Crippen LogP contribution in [0.2, 0.25) is 0 Å². The molecule has 7 heteroatoms. The number of hydrogen-bond acceptors (Lipinski definition) is 6. The third kappa shape index (κ3) is 5.44. The van der Waals surface area contributed by atoms with Crippen molar-refractivity contribution in [1.29, 1.82) is 0 Å². The van der Waals surface area contributed by atoms with Crippen molar-refractivity contribution in [1.82, 2.24) is 5.32 Å². The Kier molecular flexibility index (Phi) is 6.76. The molecular weight excluding hydrogens is 350 g/mol. The number of carbonyl (C=O) groups is 3. The average molecular weight is 373 g/mol. The first-order valence-electron chi connectivity index (χ1n) is 8.58. The number of nitrogens with one attached hydrogen (secondary N) is 1. The van der Waals surface area contributed by atoms with Gasteiger partial charge in [-0.1, -0.05) is 38.1 Å². The number of carbonyl (C=O) groups excluding carboxylic acids is 3. The third-order valence-corrected chi connectivity index (χ3v) is 3.95. The van der Waals surface area contributed by atoms with E-state index >= 15 is 0 Å². The molecule has 0 fully saturated rings. The van der Waals surface area contributed by atoms with E-state index in [0.29, 0.717) is 6.42 Å². The van der Waals surface area contributed by atoms with E-state index in [1.54, 1.807) is 12.1 Å². The lowest BCUT2D eigenvalue weighted by atomic mass is 10.0. The van der Waals surface area contributed by atoms with Crippen molar-refractivity contribution in [2.45, 2.75) is 26.3 Å².